The van der Waals surface area contributed by atoms with Gasteiger partial charge in [0.15, 0.2) is 0 Å². The topological polar surface area (TPSA) is 66.8 Å². The molecule has 1 atom stereocenters. The van der Waals surface area contributed by atoms with E-state index in [4.69, 9.17) is 27.9 Å². The van der Waals surface area contributed by atoms with Crippen molar-refractivity contribution < 1.29 is 23.8 Å². The summed E-state index contributed by atoms with van der Waals surface area (Å²) in [5.74, 6) is -2.33. The number of carbonyl (C=O) groups excluding carboxylic acids is 2. The predicted molar refractivity (Wildman–Crippen MR) is 135 cm³/mol. The quantitative estimate of drug-likeness (QED) is 0.230. The second kappa shape index (κ2) is 9.72. The number of Topliss-reactive ketones (excluding diaryl/α,β-unsaturated/α-hetero) is 1. The molecule has 0 aromatic heterocycles. The molecule has 1 aliphatic rings. The summed E-state index contributed by atoms with van der Waals surface area (Å²) in [4.78, 5) is 27.6. The second-order valence-corrected chi connectivity index (χ2v) is 9.34. The number of hydrogen-bond acceptors (Lipinski definition) is 4. The molecule has 4 rings (SSSR count). The zero-order valence-corrected chi connectivity index (χ0v) is 20.7. The first kappa shape index (κ1) is 24.8. The molecule has 0 spiro atoms. The van der Waals surface area contributed by atoms with Crippen LogP contribution in [0.2, 0.25) is 10.0 Å². The summed E-state index contributed by atoms with van der Waals surface area (Å²) >= 11 is 12.3. The molecule has 180 valence electrons. The summed E-state index contributed by atoms with van der Waals surface area (Å²) in [6.45, 7) is 5.59. The molecule has 1 saturated heterocycles. The van der Waals surface area contributed by atoms with E-state index >= 15 is 0 Å². The van der Waals surface area contributed by atoms with Crippen molar-refractivity contribution in [1.82, 2.24) is 0 Å². The highest BCUT2D eigenvalue weighted by atomic mass is 35.5. The number of hydrogen-bond donors (Lipinski definition) is 1. The Bertz CT molecular complexity index is 1350. The van der Waals surface area contributed by atoms with Crippen LogP contribution in [0.1, 0.15) is 36.6 Å². The van der Waals surface area contributed by atoms with Crippen LogP contribution in [0.15, 0.2) is 66.2 Å². The van der Waals surface area contributed by atoms with Gasteiger partial charge in [-0.05, 0) is 68.8 Å². The van der Waals surface area contributed by atoms with E-state index in [1.807, 2.05) is 13.8 Å². The van der Waals surface area contributed by atoms with E-state index < -0.39 is 29.3 Å². The smallest absolute Gasteiger partial charge is 0.300 e. The van der Waals surface area contributed by atoms with Crippen LogP contribution in [0, 0.1) is 12.7 Å². The monoisotopic (exact) mass is 513 g/mol. The van der Waals surface area contributed by atoms with Crippen LogP contribution in [0.5, 0.6) is 5.75 Å². The van der Waals surface area contributed by atoms with Gasteiger partial charge in [-0.2, -0.15) is 0 Å². The first-order valence-corrected chi connectivity index (χ1v) is 11.6. The fraction of sp³-hybridized carbons (Fsp3) is 0.185. The maximum Gasteiger partial charge on any atom is 0.300 e. The number of benzene rings is 3. The number of nitrogens with zero attached hydrogens (tertiary/aromatic N) is 1. The van der Waals surface area contributed by atoms with E-state index in [2.05, 4.69) is 0 Å². The van der Waals surface area contributed by atoms with Gasteiger partial charge in [0.1, 0.15) is 17.3 Å². The highest BCUT2D eigenvalue weighted by Crippen LogP contribution is 2.44. The van der Waals surface area contributed by atoms with Gasteiger partial charge in [-0.3, -0.25) is 14.5 Å². The third kappa shape index (κ3) is 4.77. The normalized spacial score (nSPS) is 17.3. The fourth-order valence-corrected chi connectivity index (χ4v) is 4.62. The minimum Gasteiger partial charge on any atom is -0.507 e. The molecule has 3 aromatic rings. The SMILES string of the molecule is Cc1cc(/C(O)=C2\C(=O)C(=O)N(c3cc(Cl)cc(Cl)c3)C2c2ccccc2F)ccc1OC(C)C. The van der Waals surface area contributed by atoms with Crippen LogP contribution in [-0.2, 0) is 9.59 Å². The van der Waals surface area contributed by atoms with E-state index in [9.17, 15) is 19.1 Å². The van der Waals surface area contributed by atoms with Crippen molar-refractivity contribution in [3.8, 4) is 5.75 Å². The molecule has 0 radical (unpaired) electrons. The molecule has 1 amide bonds. The Hall–Kier alpha value is -3.35. The molecule has 0 aliphatic carbocycles. The minimum atomic E-state index is -1.24. The lowest BCUT2D eigenvalue weighted by molar-refractivity contribution is -0.132. The van der Waals surface area contributed by atoms with Crippen LogP contribution in [-0.4, -0.2) is 22.9 Å². The van der Waals surface area contributed by atoms with Crippen LogP contribution in [0.4, 0.5) is 10.1 Å². The minimum absolute atomic E-state index is 0.0424. The molecule has 8 heteroatoms. The van der Waals surface area contributed by atoms with Crippen molar-refractivity contribution in [2.24, 2.45) is 0 Å². The van der Waals surface area contributed by atoms with Gasteiger partial charge in [0.25, 0.3) is 11.7 Å². The molecule has 5 nitrogen and oxygen atoms in total. The van der Waals surface area contributed by atoms with E-state index in [0.29, 0.717) is 11.3 Å². The Morgan fingerprint density at radius 1 is 1.03 bits per heavy atom. The molecule has 1 fully saturated rings. The Kier molecular flexibility index (Phi) is 6.88. The number of aryl methyl sites for hydroxylation is 1. The van der Waals surface area contributed by atoms with E-state index in [-0.39, 0.29) is 33.0 Å². The van der Waals surface area contributed by atoms with Gasteiger partial charge in [0.2, 0.25) is 0 Å². The van der Waals surface area contributed by atoms with Gasteiger partial charge in [-0.25, -0.2) is 4.39 Å². The first-order chi connectivity index (χ1) is 16.6. The zero-order chi connectivity index (χ0) is 25.4. The number of carbonyl (C=O) groups is 2. The molecular weight excluding hydrogens is 492 g/mol. The van der Waals surface area contributed by atoms with Gasteiger partial charge in [0, 0.05) is 26.9 Å². The standard InChI is InChI=1S/C27H22Cl2FNO4/c1-14(2)35-22-9-8-16(10-15(22)3)25(32)23-24(20-6-4-5-7-21(20)30)31(27(34)26(23)33)19-12-17(28)11-18(29)13-19/h4-14,24,32H,1-3H3/b25-23+. The summed E-state index contributed by atoms with van der Waals surface area (Å²) in [6, 6.07) is 13.8. The van der Waals surface area contributed by atoms with Gasteiger partial charge in [-0.15, -0.1) is 0 Å². The highest BCUT2D eigenvalue weighted by molar-refractivity contribution is 6.52. The Morgan fingerprint density at radius 2 is 1.69 bits per heavy atom. The molecule has 1 unspecified atom stereocenters. The average Bonchev–Trinajstić information content (AvgIpc) is 3.04. The molecule has 1 aliphatic heterocycles. The maximum atomic E-state index is 15.0. The van der Waals surface area contributed by atoms with Gasteiger partial charge in [-0.1, -0.05) is 41.4 Å². The lowest BCUT2D eigenvalue weighted by Gasteiger charge is -2.26. The van der Waals surface area contributed by atoms with Crippen molar-refractivity contribution >= 4 is 46.3 Å². The molecule has 0 bridgehead atoms. The van der Waals surface area contributed by atoms with Crippen LogP contribution >= 0.6 is 23.2 Å². The summed E-state index contributed by atoms with van der Waals surface area (Å²) < 4.78 is 20.7. The summed E-state index contributed by atoms with van der Waals surface area (Å²) in [5.41, 5.74) is 1.02. The third-order valence-corrected chi connectivity index (χ3v) is 6.02. The fourth-order valence-electron chi connectivity index (χ4n) is 4.11. The number of ether oxygens (including phenoxy) is 1. The van der Waals surface area contributed by atoms with Crippen molar-refractivity contribution in [1.29, 1.82) is 0 Å². The van der Waals surface area contributed by atoms with Crippen molar-refractivity contribution in [2.45, 2.75) is 32.9 Å². The van der Waals surface area contributed by atoms with Crippen molar-refractivity contribution in [2.75, 3.05) is 4.90 Å². The Balaban J connectivity index is 1.93. The molecule has 1 heterocycles. The van der Waals surface area contributed by atoms with E-state index in [1.165, 1.54) is 36.4 Å². The first-order valence-electron chi connectivity index (χ1n) is 10.9. The number of aliphatic hydroxyl groups excluding tert-OH is 1. The number of rotatable bonds is 5. The van der Waals surface area contributed by atoms with Gasteiger partial charge >= 0.3 is 0 Å². The number of anilines is 1. The summed E-state index contributed by atoms with van der Waals surface area (Å²) in [6.07, 6.45) is -0.0518. The Morgan fingerprint density at radius 3 is 2.29 bits per heavy atom. The van der Waals surface area contributed by atoms with Crippen molar-refractivity contribution in [3.05, 3.63) is 98.8 Å². The molecular formula is C27H22Cl2FNO4. The number of amides is 1. The Labute approximate surface area is 212 Å². The summed E-state index contributed by atoms with van der Waals surface area (Å²) in [7, 11) is 0. The summed E-state index contributed by atoms with van der Waals surface area (Å²) in [5, 5.41) is 11.7. The average molecular weight is 514 g/mol. The maximum absolute atomic E-state index is 15.0. The van der Waals surface area contributed by atoms with Crippen LogP contribution in [0.25, 0.3) is 5.76 Å². The molecule has 3 aromatic carbocycles. The molecule has 35 heavy (non-hydrogen) atoms. The lowest BCUT2D eigenvalue weighted by Crippen LogP contribution is -2.29. The number of ketones is 1. The predicted octanol–water partition coefficient (Wildman–Crippen LogP) is 6.85. The molecule has 0 saturated carbocycles. The molecule has 1 N–H and O–H groups in total. The number of halogens is 3. The zero-order valence-electron chi connectivity index (χ0n) is 19.2. The van der Waals surface area contributed by atoms with Crippen LogP contribution < -0.4 is 9.64 Å². The van der Waals surface area contributed by atoms with Gasteiger partial charge < -0.3 is 9.84 Å². The van der Waals surface area contributed by atoms with E-state index in [0.717, 1.165) is 10.5 Å². The van der Waals surface area contributed by atoms with Crippen LogP contribution in [0.3, 0.4) is 0 Å². The largest absolute Gasteiger partial charge is 0.507 e. The highest BCUT2D eigenvalue weighted by Gasteiger charge is 2.48. The second-order valence-electron chi connectivity index (χ2n) is 8.47. The van der Waals surface area contributed by atoms with E-state index in [1.54, 1.807) is 31.2 Å². The third-order valence-electron chi connectivity index (χ3n) is 5.58. The lowest BCUT2D eigenvalue weighted by atomic mass is 9.94. The van der Waals surface area contributed by atoms with Gasteiger partial charge in [0.05, 0.1) is 17.7 Å². The number of aliphatic hydroxyl groups is 1. The van der Waals surface area contributed by atoms with Crippen molar-refractivity contribution in [3.63, 3.8) is 0 Å².